The molecule has 1 saturated carbocycles. The minimum atomic E-state index is -0.481. The molecule has 0 aromatic carbocycles. The van der Waals surface area contributed by atoms with Gasteiger partial charge >= 0.3 is 5.69 Å². The minimum Gasteiger partial charge on any atom is -0.493 e. The highest BCUT2D eigenvalue weighted by Gasteiger charge is 2.26. The third kappa shape index (κ3) is 2.77. The SMILES string of the molecule is CC1C=CC(C)N1c1nc(=NC2CC2)n2nc/c(=C/c3[nH]c(=O)[nH]c3O)c2n1. The van der Waals surface area contributed by atoms with Gasteiger partial charge in [-0.3, -0.25) is 4.98 Å². The van der Waals surface area contributed by atoms with E-state index < -0.39 is 5.69 Å². The van der Waals surface area contributed by atoms with Crippen molar-refractivity contribution in [1.29, 1.82) is 0 Å². The first kappa shape index (κ1) is 16.7. The smallest absolute Gasteiger partial charge is 0.326 e. The van der Waals surface area contributed by atoms with E-state index in [1.807, 2.05) is 0 Å². The fraction of sp³-hybridized carbons (Fsp3) is 0.389. The zero-order valence-corrected chi connectivity index (χ0v) is 15.5. The van der Waals surface area contributed by atoms with Crippen LogP contribution in [0, 0.1) is 0 Å². The van der Waals surface area contributed by atoms with Crippen LogP contribution in [-0.4, -0.2) is 52.8 Å². The van der Waals surface area contributed by atoms with E-state index in [1.165, 1.54) is 0 Å². The van der Waals surface area contributed by atoms with Gasteiger partial charge in [-0.15, -0.1) is 0 Å². The second-order valence-corrected chi connectivity index (χ2v) is 7.28. The molecule has 0 bridgehead atoms. The third-order valence-electron chi connectivity index (χ3n) is 5.02. The van der Waals surface area contributed by atoms with Crippen LogP contribution in [0.5, 0.6) is 5.88 Å². The average molecular weight is 380 g/mol. The Morgan fingerprint density at radius 2 is 1.96 bits per heavy atom. The molecule has 0 amide bonds. The van der Waals surface area contributed by atoms with Crippen molar-refractivity contribution in [3.05, 3.63) is 45.4 Å². The summed E-state index contributed by atoms with van der Waals surface area (Å²) in [5, 5.41) is 14.9. The van der Waals surface area contributed by atoms with Gasteiger partial charge in [0.25, 0.3) is 5.62 Å². The second kappa shape index (κ2) is 6.04. The first-order chi connectivity index (χ1) is 13.5. The van der Waals surface area contributed by atoms with Crippen LogP contribution in [0.3, 0.4) is 0 Å². The van der Waals surface area contributed by atoms with Crippen molar-refractivity contribution in [2.45, 2.75) is 44.8 Å². The van der Waals surface area contributed by atoms with Gasteiger partial charge in [0.05, 0.1) is 12.2 Å². The van der Waals surface area contributed by atoms with E-state index in [-0.39, 0.29) is 29.7 Å². The highest BCUT2D eigenvalue weighted by atomic mass is 16.3. The van der Waals surface area contributed by atoms with Crippen molar-refractivity contribution in [2.75, 3.05) is 4.90 Å². The number of nitrogens with one attached hydrogen (secondary N) is 2. The van der Waals surface area contributed by atoms with Crippen molar-refractivity contribution in [1.82, 2.24) is 29.5 Å². The summed E-state index contributed by atoms with van der Waals surface area (Å²) in [5.74, 6) is 0.353. The number of fused-ring (bicyclic) bond motifs is 1. The number of anilines is 1. The molecule has 0 radical (unpaired) electrons. The molecule has 3 N–H and O–H groups in total. The van der Waals surface area contributed by atoms with Gasteiger partial charge in [-0.1, -0.05) is 12.2 Å². The lowest BCUT2D eigenvalue weighted by Crippen LogP contribution is -2.37. The number of hydrogen-bond acceptors (Lipinski definition) is 7. The first-order valence-corrected chi connectivity index (χ1v) is 9.29. The fourth-order valence-corrected chi connectivity index (χ4v) is 3.43. The summed E-state index contributed by atoms with van der Waals surface area (Å²) in [4.78, 5) is 32.5. The Morgan fingerprint density at radius 1 is 1.21 bits per heavy atom. The van der Waals surface area contributed by atoms with E-state index in [0.717, 1.165) is 12.8 Å². The van der Waals surface area contributed by atoms with Gasteiger partial charge in [-0.05, 0) is 32.8 Å². The number of imidazole rings is 1. The summed E-state index contributed by atoms with van der Waals surface area (Å²) in [7, 11) is 0. The molecular weight excluding hydrogens is 360 g/mol. The molecule has 0 saturated heterocycles. The predicted molar refractivity (Wildman–Crippen MR) is 102 cm³/mol. The minimum absolute atomic E-state index is 0.173. The standard InChI is InChI=1S/C18H20N8O2/c1-9-3-4-10(2)25(9)16-22-14-11(7-13-15(27)23-18(28)21-13)8-19-26(14)17(24-16)20-12-5-6-12/h3-4,7-10,12,27H,5-6H2,1-2H3,(H2,21,23,28)/b11-7-,20-17?. The van der Waals surface area contributed by atoms with Crippen LogP contribution in [0.4, 0.5) is 5.95 Å². The van der Waals surface area contributed by atoms with Crippen molar-refractivity contribution < 1.29 is 5.11 Å². The molecule has 4 heterocycles. The van der Waals surface area contributed by atoms with Crippen LogP contribution in [0.25, 0.3) is 11.7 Å². The lowest BCUT2D eigenvalue weighted by molar-refractivity contribution is 0.454. The Bertz CT molecular complexity index is 1250. The van der Waals surface area contributed by atoms with Gasteiger partial charge in [0.2, 0.25) is 11.8 Å². The van der Waals surface area contributed by atoms with Gasteiger partial charge in [0, 0.05) is 17.3 Å². The third-order valence-corrected chi connectivity index (χ3v) is 5.02. The number of aromatic hydroxyl groups is 1. The van der Waals surface area contributed by atoms with Gasteiger partial charge in [-0.2, -0.15) is 19.6 Å². The molecule has 2 aliphatic rings. The van der Waals surface area contributed by atoms with Crippen molar-refractivity contribution in [3.8, 4) is 5.88 Å². The molecule has 1 aliphatic carbocycles. The number of H-pyrrole nitrogens is 2. The maximum atomic E-state index is 11.4. The van der Waals surface area contributed by atoms with Crippen LogP contribution < -0.4 is 21.4 Å². The summed E-state index contributed by atoms with van der Waals surface area (Å²) in [6, 6.07) is 0.623. The first-order valence-electron chi connectivity index (χ1n) is 9.29. The van der Waals surface area contributed by atoms with Gasteiger partial charge in [-0.25, -0.2) is 9.79 Å². The van der Waals surface area contributed by atoms with Crippen LogP contribution in [0.2, 0.25) is 0 Å². The molecule has 2 unspecified atom stereocenters. The highest BCUT2D eigenvalue weighted by Crippen LogP contribution is 2.23. The summed E-state index contributed by atoms with van der Waals surface area (Å²) >= 11 is 0. The normalized spacial score (nSPS) is 23.4. The highest BCUT2D eigenvalue weighted by molar-refractivity contribution is 5.57. The molecule has 144 valence electrons. The number of nitrogens with zero attached hydrogens (tertiary/aromatic N) is 6. The van der Waals surface area contributed by atoms with E-state index in [2.05, 4.69) is 51.0 Å². The van der Waals surface area contributed by atoms with E-state index in [9.17, 15) is 9.90 Å². The van der Waals surface area contributed by atoms with Crippen LogP contribution >= 0.6 is 0 Å². The van der Waals surface area contributed by atoms with Crippen LogP contribution in [0.15, 0.2) is 28.1 Å². The summed E-state index contributed by atoms with van der Waals surface area (Å²) in [5.41, 5.74) is 0.869. The molecule has 3 aromatic heterocycles. The van der Waals surface area contributed by atoms with E-state index in [4.69, 9.17) is 9.98 Å². The number of rotatable bonds is 3. The molecule has 1 aliphatic heterocycles. The number of aromatic nitrogens is 6. The van der Waals surface area contributed by atoms with Gasteiger partial charge < -0.3 is 15.0 Å². The zero-order valence-electron chi connectivity index (χ0n) is 15.5. The Kier molecular flexibility index (Phi) is 3.61. The fourth-order valence-electron chi connectivity index (χ4n) is 3.43. The van der Waals surface area contributed by atoms with Gasteiger partial charge in [0.1, 0.15) is 5.69 Å². The molecule has 10 heteroatoms. The molecule has 10 nitrogen and oxygen atoms in total. The maximum absolute atomic E-state index is 11.4. The summed E-state index contributed by atoms with van der Waals surface area (Å²) in [6.07, 6.45) is 9.61. The number of hydrogen-bond donors (Lipinski definition) is 3. The van der Waals surface area contributed by atoms with E-state index >= 15 is 0 Å². The predicted octanol–water partition coefficient (Wildman–Crippen LogP) is -0.390. The van der Waals surface area contributed by atoms with Gasteiger partial charge in [0.15, 0.2) is 5.65 Å². The lowest BCUT2D eigenvalue weighted by Gasteiger charge is -2.26. The Morgan fingerprint density at radius 3 is 2.61 bits per heavy atom. The average Bonchev–Trinajstić information content (AvgIpc) is 3.15. The lowest BCUT2D eigenvalue weighted by atomic mass is 10.3. The molecule has 28 heavy (non-hydrogen) atoms. The molecule has 1 fully saturated rings. The van der Waals surface area contributed by atoms with Crippen molar-refractivity contribution >= 4 is 17.7 Å². The van der Waals surface area contributed by atoms with Crippen LogP contribution in [-0.2, 0) is 0 Å². The largest absolute Gasteiger partial charge is 0.493 e. The Balaban J connectivity index is 1.75. The molecule has 3 aromatic rings. The summed E-state index contributed by atoms with van der Waals surface area (Å²) in [6.45, 7) is 4.19. The van der Waals surface area contributed by atoms with Crippen LogP contribution in [0.1, 0.15) is 32.4 Å². The molecule has 0 spiro atoms. The Hall–Kier alpha value is -3.43. The maximum Gasteiger partial charge on any atom is 0.326 e. The quantitative estimate of drug-likeness (QED) is 0.531. The van der Waals surface area contributed by atoms with E-state index in [1.54, 1.807) is 16.8 Å². The molecule has 2 atom stereocenters. The van der Waals surface area contributed by atoms with Crippen molar-refractivity contribution in [2.24, 2.45) is 4.99 Å². The second-order valence-electron chi connectivity index (χ2n) is 7.28. The molecular formula is C18H20N8O2. The molecule has 5 rings (SSSR count). The van der Waals surface area contributed by atoms with E-state index in [0.29, 0.717) is 22.4 Å². The van der Waals surface area contributed by atoms with Crippen molar-refractivity contribution in [3.63, 3.8) is 0 Å². The number of aromatic amines is 2. The zero-order chi connectivity index (χ0) is 19.4. The Labute approximate surface area is 159 Å². The topological polar surface area (TPSA) is 128 Å². The monoisotopic (exact) mass is 380 g/mol. The summed E-state index contributed by atoms with van der Waals surface area (Å²) < 4.78 is 1.61.